The van der Waals surface area contributed by atoms with E-state index in [0.29, 0.717) is 29.5 Å². The van der Waals surface area contributed by atoms with E-state index in [1.165, 1.54) is 49.7 Å². The molecule has 0 saturated heterocycles. The normalized spacial score (nSPS) is 11.9. The van der Waals surface area contributed by atoms with Gasteiger partial charge in [0.1, 0.15) is 29.0 Å². The number of hydrogen-bond donors (Lipinski definition) is 1. The number of hydrogen-bond acceptors (Lipinski definition) is 9. The highest BCUT2D eigenvalue weighted by atomic mass is 32.2. The van der Waals surface area contributed by atoms with Crippen LogP contribution in [0.25, 0.3) is 0 Å². The molecule has 3 aromatic rings. The molecule has 1 heterocycles. The van der Waals surface area contributed by atoms with Gasteiger partial charge < -0.3 is 24.3 Å². The predicted octanol–water partition coefficient (Wildman–Crippen LogP) is 3.73. The van der Waals surface area contributed by atoms with Gasteiger partial charge in [0, 0.05) is 43.4 Å². The first kappa shape index (κ1) is 26.6. The van der Waals surface area contributed by atoms with E-state index >= 15 is 0 Å². The Balaban J connectivity index is 1.85. The maximum Gasteiger partial charge on any atom is 0.339 e. The fraction of sp³-hybridized carbons (Fsp3) is 0.240. The number of amides is 1. The summed E-state index contributed by atoms with van der Waals surface area (Å²) in [5.41, 5.74) is 0.665. The third-order valence-corrected chi connectivity index (χ3v) is 5.91. The van der Waals surface area contributed by atoms with Gasteiger partial charge in [-0.05, 0) is 43.3 Å². The topological polar surface area (TPSA) is 130 Å². The van der Waals surface area contributed by atoms with E-state index in [-0.39, 0.29) is 22.3 Å². The summed E-state index contributed by atoms with van der Waals surface area (Å²) in [5, 5.41) is 2.73. The molecule has 36 heavy (non-hydrogen) atoms. The molecule has 11 heteroatoms. The van der Waals surface area contributed by atoms with Crippen LogP contribution in [0, 0.1) is 0 Å². The number of carbonyl (C=O) groups excluding carboxylic acids is 2. The van der Waals surface area contributed by atoms with Crippen molar-refractivity contribution in [2.75, 3.05) is 32.4 Å². The molecule has 1 aromatic heterocycles. The Labute approximate surface area is 209 Å². The second-order valence-electron chi connectivity index (χ2n) is 7.80. The quantitative estimate of drug-likeness (QED) is 0.402. The molecule has 0 aliphatic carbocycles. The number of esters is 1. The van der Waals surface area contributed by atoms with Gasteiger partial charge in [-0.2, -0.15) is 0 Å². The van der Waals surface area contributed by atoms with Crippen molar-refractivity contribution in [3.8, 4) is 17.2 Å². The molecule has 10 nitrogen and oxygen atoms in total. The number of benzene rings is 2. The summed E-state index contributed by atoms with van der Waals surface area (Å²) in [6, 6.07) is 13.6. The van der Waals surface area contributed by atoms with Crippen molar-refractivity contribution in [3.05, 3.63) is 72.1 Å². The Morgan fingerprint density at radius 2 is 1.67 bits per heavy atom. The summed E-state index contributed by atoms with van der Waals surface area (Å²) in [5.74, 6) is 0.0669. The average Bonchev–Trinajstić information content (AvgIpc) is 2.83. The predicted molar refractivity (Wildman–Crippen MR) is 132 cm³/mol. The molecular weight excluding hydrogens is 488 g/mol. The molecular formula is C25H26N2O8S. The zero-order chi connectivity index (χ0) is 26.3. The second-order valence-corrected chi connectivity index (χ2v) is 9.82. The van der Waals surface area contributed by atoms with Crippen LogP contribution in [0.15, 0.2) is 65.7 Å². The summed E-state index contributed by atoms with van der Waals surface area (Å²) < 4.78 is 44.9. The van der Waals surface area contributed by atoms with Crippen LogP contribution in [0.3, 0.4) is 0 Å². The summed E-state index contributed by atoms with van der Waals surface area (Å²) in [7, 11) is -0.526. The number of nitrogens with zero attached hydrogens (tertiary/aromatic N) is 1. The number of pyridine rings is 1. The van der Waals surface area contributed by atoms with Crippen LogP contribution in [0.2, 0.25) is 0 Å². The number of rotatable bonds is 10. The third kappa shape index (κ3) is 7.27. The van der Waals surface area contributed by atoms with Crippen molar-refractivity contribution in [1.29, 1.82) is 0 Å². The number of carbonyl (C=O) groups is 2. The lowest BCUT2D eigenvalue weighted by Gasteiger charge is -2.16. The molecule has 1 amide bonds. The summed E-state index contributed by atoms with van der Waals surface area (Å²) in [4.78, 5) is 28.5. The van der Waals surface area contributed by atoms with Gasteiger partial charge in [0.25, 0.3) is 5.91 Å². The molecule has 0 aliphatic rings. The van der Waals surface area contributed by atoms with Crippen LogP contribution in [0.4, 0.5) is 5.69 Å². The maximum atomic E-state index is 12.8. The van der Waals surface area contributed by atoms with Crippen molar-refractivity contribution in [3.63, 3.8) is 0 Å². The molecule has 1 atom stereocenters. The zero-order valence-electron chi connectivity index (χ0n) is 20.2. The Hall–Kier alpha value is -3.96. The molecule has 2 aromatic carbocycles. The van der Waals surface area contributed by atoms with Gasteiger partial charge in [0.2, 0.25) is 0 Å². The van der Waals surface area contributed by atoms with E-state index < -0.39 is 21.7 Å². The molecule has 190 valence electrons. The van der Waals surface area contributed by atoms with Crippen molar-refractivity contribution in [2.24, 2.45) is 0 Å². The third-order valence-electron chi connectivity index (χ3n) is 4.78. The van der Waals surface area contributed by atoms with Gasteiger partial charge in [-0.25, -0.2) is 13.2 Å². The van der Waals surface area contributed by atoms with Gasteiger partial charge in [0.15, 0.2) is 9.84 Å². The number of ether oxygens (including phenoxy) is 4. The van der Waals surface area contributed by atoms with Crippen LogP contribution in [-0.4, -0.2) is 58.5 Å². The van der Waals surface area contributed by atoms with Gasteiger partial charge in [-0.3, -0.25) is 9.78 Å². The van der Waals surface area contributed by atoms with Crippen LogP contribution in [0.5, 0.6) is 17.2 Å². The van der Waals surface area contributed by atoms with Crippen molar-refractivity contribution >= 4 is 27.4 Å². The molecule has 0 radical (unpaired) electrons. The van der Waals surface area contributed by atoms with E-state index in [4.69, 9.17) is 14.2 Å². The second kappa shape index (κ2) is 11.6. The van der Waals surface area contributed by atoms with Crippen molar-refractivity contribution in [2.45, 2.75) is 17.9 Å². The SMILES string of the molecule is COC[C@H](C)Oc1cc(NC(=O)c2ccc(C(=O)OC)cn2)cc(Oc2ccc(S(C)(=O)=O)cc2)c1. The van der Waals surface area contributed by atoms with E-state index in [1.807, 2.05) is 6.92 Å². The average molecular weight is 515 g/mol. The Morgan fingerprint density at radius 1 is 0.972 bits per heavy atom. The standard InChI is InChI=1S/C25H26N2O8S/c1-16(15-32-2)34-20-11-18(27-24(28)23-10-5-17(14-26-23)25(29)33-3)12-21(13-20)35-19-6-8-22(9-7-19)36(4,30)31/h5-14,16H,15H2,1-4H3,(H,27,28)/t16-/m0/s1. The van der Waals surface area contributed by atoms with Crippen LogP contribution < -0.4 is 14.8 Å². The van der Waals surface area contributed by atoms with Gasteiger partial charge in [-0.1, -0.05) is 0 Å². The van der Waals surface area contributed by atoms with Gasteiger partial charge in [0.05, 0.1) is 24.2 Å². The molecule has 0 unspecified atom stereocenters. The van der Waals surface area contributed by atoms with E-state index in [0.717, 1.165) is 6.26 Å². The van der Waals surface area contributed by atoms with E-state index in [1.54, 1.807) is 25.3 Å². The number of nitrogens with one attached hydrogen (secondary N) is 1. The van der Waals surface area contributed by atoms with Gasteiger partial charge in [-0.15, -0.1) is 0 Å². The van der Waals surface area contributed by atoms with Crippen molar-refractivity contribution < 1.29 is 37.0 Å². The fourth-order valence-corrected chi connectivity index (χ4v) is 3.76. The first-order valence-electron chi connectivity index (χ1n) is 10.7. The fourth-order valence-electron chi connectivity index (χ4n) is 3.12. The van der Waals surface area contributed by atoms with Crippen molar-refractivity contribution in [1.82, 2.24) is 4.98 Å². The summed E-state index contributed by atoms with van der Waals surface area (Å²) in [6.07, 6.45) is 2.09. The maximum absolute atomic E-state index is 12.8. The van der Waals surface area contributed by atoms with Gasteiger partial charge >= 0.3 is 5.97 Å². The number of sulfone groups is 1. The molecule has 3 rings (SSSR count). The van der Waals surface area contributed by atoms with E-state index in [9.17, 15) is 18.0 Å². The number of aromatic nitrogens is 1. The van der Waals surface area contributed by atoms with Crippen LogP contribution >= 0.6 is 0 Å². The molecule has 0 saturated carbocycles. The first-order chi connectivity index (χ1) is 17.1. The monoisotopic (exact) mass is 514 g/mol. The lowest BCUT2D eigenvalue weighted by atomic mass is 10.2. The Morgan fingerprint density at radius 3 is 2.25 bits per heavy atom. The highest BCUT2D eigenvalue weighted by molar-refractivity contribution is 7.90. The zero-order valence-corrected chi connectivity index (χ0v) is 21.0. The molecule has 1 N–H and O–H groups in total. The summed E-state index contributed by atoms with van der Waals surface area (Å²) >= 11 is 0. The molecule has 0 aliphatic heterocycles. The van der Waals surface area contributed by atoms with E-state index in [2.05, 4.69) is 15.0 Å². The lowest BCUT2D eigenvalue weighted by molar-refractivity contribution is 0.0599. The molecule has 0 bridgehead atoms. The van der Waals surface area contributed by atoms with Crippen LogP contribution in [-0.2, 0) is 19.3 Å². The first-order valence-corrected chi connectivity index (χ1v) is 12.6. The summed E-state index contributed by atoms with van der Waals surface area (Å²) in [6.45, 7) is 2.17. The number of anilines is 1. The minimum absolute atomic E-state index is 0.0838. The number of methoxy groups -OCH3 is 2. The largest absolute Gasteiger partial charge is 0.488 e. The lowest BCUT2D eigenvalue weighted by Crippen LogP contribution is -2.18. The highest BCUT2D eigenvalue weighted by Gasteiger charge is 2.14. The molecule has 0 fully saturated rings. The van der Waals surface area contributed by atoms with Crippen LogP contribution in [0.1, 0.15) is 27.8 Å². The smallest absolute Gasteiger partial charge is 0.339 e. The highest BCUT2D eigenvalue weighted by Crippen LogP contribution is 2.31. The Bertz CT molecular complexity index is 1320. The molecule has 0 spiro atoms. The minimum atomic E-state index is -3.34. The minimum Gasteiger partial charge on any atom is -0.488 e. The Kier molecular flexibility index (Phi) is 8.62.